The zero-order chi connectivity index (χ0) is 9.30. The summed E-state index contributed by atoms with van der Waals surface area (Å²) < 4.78 is 24.2. The second-order valence-electron chi connectivity index (χ2n) is 2.13. The Bertz CT molecular complexity index is 302. The van der Waals surface area contributed by atoms with Gasteiger partial charge in [-0.15, -0.1) is 0 Å². The van der Waals surface area contributed by atoms with Gasteiger partial charge < -0.3 is 5.11 Å². The monoisotopic (exact) mass is 212 g/mol. The number of phenols is 1. The highest BCUT2D eigenvalue weighted by Gasteiger charge is 2.15. The Balaban J connectivity index is 3.28. The second-order valence-corrected chi connectivity index (χ2v) is 2.97. The van der Waals surface area contributed by atoms with Gasteiger partial charge in [-0.1, -0.05) is 23.2 Å². The molecule has 0 saturated heterocycles. The van der Waals surface area contributed by atoms with Crippen LogP contribution in [0.2, 0.25) is 10.0 Å². The van der Waals surface area contributed by atoms with Crippen LogP contribution in [-0.2, 0) is 0 Å². The molecule has 0 unspecified atom stereocenters. The van der Waals surface area contributed by atoms with Gasteiger partial charge in [-0.3, -0.25) is 0 Å². The van der Waals surface area contributed by atoms with E-state index in [1.54, 1.807) is 0 Å². The van der Waals surface area contributed by atoms with Gasteiger partial charge >= 0.3 is 0 Å². The molecule has 0 aromatic heterocycles. The van der Waals surface area contributed by atoms with Crippen molar-refractivity contribution in [2.45, 2.75) is 6.43 Å². The molecule has 0 atom stereocenters. The predicted octanol–water partition coefficient (Wildman–Crippen LogP) is 3.64. The molecule has 0 spiro atoms. The van der Waals surface area contributed by atoms with Gasteiger partial charge in [0.1, 0.15) is 5.75 Å². The number of halogens is 4. The maximum atomic E-state index is 12.1. The normalized spacial score (nSPS) is 10.8. The third kappa shape index (κ3) is 1.79. The van der Waals surface area contributed by atoms with Crippen LogP contribution in [0.4, 0.5) is 8.78 Å². The molecule has 0 bridgehead atoms. The lowest BCUT2D eigenvalue weighted by atomic mass is 10.2. The topological polar surface area (TPSA) is 20.2 Å². The minimum Gasteiger partial charge on any atom is -0.506 e. The molecule has 0 aliphatic carbocycles. The van der Waals surface area contributed by atoms with Crippen molar-refractivity contribution in [1.82, 2.24) is 0 Å². The summed E-state index contributed by atoms with van der Waals surface area (Å²) in [6.45, 7) is 0. The van der Waals surface area contributed by atoms with E-state index >= 15 is 0 Å². The third-order valence-corrected chi connectivity index (χ3v) is 1.80. The van der Waals surface area contributed by atoms with Gasteiger partial charge in [0.2, 0.25) is 0 Å². The van der Waals surface area contributed by atoms with Gasteiger partial charge in [-0.05, 0) is 12.1 Å². The summed E-state index contributed by atoms with van der Waals surface area (Å²) in [5, 5.41) is 8.93. The Morgan fingerprint density at radius 3 is 2.33 bits per heavy atom. The highest BCUT2D eigenvalue weighted by molar-refractivity contribution is 6.35. The molecule has 66 valence electrons. The molecule has 0 heterocycles. The summed E-state index contributed by atoms with van der Waals surface area (Å²) in [4.78, 5) is 0. The van der Waals surface area contributed by atoms with Crippen LogP contribution in [0, 0.1) is 0 Å². The summed E-state index contributed by atoms with van der Waals surface area (Å²) in [5.41, 5.74) is -0.549. The Labute approximate surface area is 77.5 Å². The van der Waals surface area contributed by atoms with Crippen molar-refractivity contribution in [3.05, 3.63) is 27.7 Å². The highest BCUT2D eigenvalue weighted by atomic mass is 35.5. The first-order valence-corrected chi connectivity index (χ1v) is 3.74. The van der Waals surface area contributed by atoms with Gasteiger partial charge in [-0.25, -0.2) is 8.78 Å². The quantitative estimate of drug-likeness (QED) is 0.754. The summed E-state index contributed by atoms with van der Waals surface area (Å²) in [6, 6.07) is 2.18. The van der Waals surface area contributed by atoms with Crippen LogP contribution in [0.25, 0.3) is 0 Å². The Hall–Kier alpha value is -0.540. The van der Waals surface area contributed by atoms with E-state index in [0.717, 1.165) is 6.07 Å². The molecular weight excluding hydrogens is 209 g/mol. The highest BCUT2D eigenvalue weighted by Crippen LogP contribution is 2.36. The summed E-state index contributed by atoms with van der Waals surface area (Å²) >= 11 is 10.8. The van der Waals surface area contributed by atoms with E-state index < -0.39 is 17.7 Å². The van der Waals surface area contributed by atoms with Crippen molar-refractivity contribution in [3.8, 4) is 5.75 Å². The van der Waals surface area contributed by atoms with E-state index in [2.05, 4.69) is 0 Å². The molecule has 0 aliphatic rings. The molecule has 5 heteroatoms. The number of phenolic OH excluding ortho intramolecular Hbond substituents is 1. The second kappa shape index (κ2) is 3.46. The maximum absolute atomic E-state index is 12.1. The lowest BCUT2D eigenvalue weighted by molar-refractivity contribution is 0.147. The number of hydrogen-bond donors (Lipinski definition) is 1. The number of benzene rings is 1. The first kappa shape index (κ1) is 9.55. The number of rotatable bonds is 1. The minimum absolute atomic E-state index is 0.0769. The summed E-state index contributed by atoms with van der Waals surface area (Å²) in [7, 11) is 0. The molecule has 1 aromatic carbocycles. The maximum Gasteiger partial charge on any atom is 0.267 e. The van der Waals surface area contributed by atoms with Gasteiger partial charge in [0.25, 0.3) is 6.43 Å². The molecule has 0 fully saturated rings. The molecule has 0 radical (unpaired) electrons. The fourth-order valence-corrected chi connectivity index (χ4v) is 1.26. The van der Waals surface area contributed by atoms with E-state index in [-0.39, 0.29) is 10.0 Å². The smallest absolute Gasteiger partial charge is 0.267 e. The zero-order valence-electron chi connectivity index (χ0n) is 5.69. The number of alkyl halides is 2. The van der Waals surface area contributed by atoms with Crippen molar-refractivity contribution in [2.24, 2.45) is 0 Å². The molecule has 1 nitrogen and oxygen atoms in total. The largest absolute Gasteiger partial charge is 0.506 e. The lowest BCUT2D eigenvalue weighted by Gasteiger charge is -2.04. The van der Waals surface area contributed by atoms with Gasteiger partial charge in [0.15, 0.2) is 0 Å². The standard InChI is InChI=1S/C7H4Cl2F2O/c8-3-1-4(7(10)11)6(12)5(9)2-3/h1-2,7,12H. The van der Waals surface area contributed by atoms with Crippen molar-refractivity contribution >= 4 is 23.2 Å². The average molecular weight is 213 g/mol. The molecular formula is C7H4Cl2F2O. The van der Waals surface area contributed by atoms with Crippen LogP contribution in [0.1, 0.15) is 12.0 Å². The minimum atomic E-state index is -2.78. The first-order chi connectivity index (χ1) is 5.52. The number of aromatic hydroxyl groups is 1. The van der Waals surface area contributed by atoms with Gasteiger partial charge in [-0.2, -0.15) is 0 Å². The molecule has 0 aliphatic heterocycles. The predicted molar refractivity (Wildman–Crippen MR) is 43.1 cm³/mol. The van der Waals surface area contributed by atoms with Crippen LogP contribution in [0.3, 0.4) is 0 Å². The van der Waals surface area contributed by atoms with Crippen molar-refractivity contribution in [2.75, 3.05) is 0 Å². The van der Waals surface area contributed by atoms with Crippen molar-refractivity contribution in [1.29, 1.82) is 0 Å². The van der Waals surface area contributed by atoms with E-state index in [9.17, 15) is 8.78 Å². The number of hydrogen-bond acceptors (Lipinski definition) is 1. The fraction of sp³-hybridized carbons (Fsp3) is 0.143. The van der Waals surface area contributed by atoms with E-state index in [1.165, 1.54) is 6.07 Å². The zero-order valence-corrected chi connectivity index (χ0v) is 7.20. The Kier molecular flexibility index (Phi) is 2.75. The molecule has 1 rings (SSSR count). The van der Waals surface area contributed by atoms with Crippen LogP contribution >= 0.6 is 23.2 Å². The van der Waals surface area contributed by atoms with Gasteiger partial charge in [0.05, 0.1) is 10.6 Å². The SMILES string of the molecule is Oc1c(Cl)cc(Cl)cc1C(F)F. The molecule has 12 heavy (non-hydrogen) atoms. The third-order valence-electron chi connectivity index (χ3n) is 1.29. The van der Waals surface area contributed by atoms with Crippen LogP contribution < -0.4 is 0 Å². The lowest BCUT2D eigenvalue weighted by Crippen LogP contribution is -1.85. The molecule has 0 amide bonds. The molecule has 0 saturated carbocycles. The average Bonchev–Trinajstić information content (AvgIpc) is 1.96. The van der Waals surface area contributed by atoms with E-state index in [1.807, 2.05) is 0 Å². The van der Waals surface area contributed by atoms with E-state index in [4.69, 9.17) is 28.3 Å². The fourth-order valence-electron chi connectivity index (χ4n) is 0.752. The van der Waals surface area contributed by atoms with Crippen LogP contribution in [0.5, 0.6) is 5.75 Å². The Morgan fingerprint density at radius 1 is 1.25 bits per heavy atom. The first-order valence-electron chi connectivity index (χ1n) is 2.98. The van der Waals surface area contributed by atoms with Crippen LogP contribution in [0.15, 0.2) is 12.1 Å². The summed E-state index contributed by atoms with van der Waals surface area (Å²) in [6.07, 6.45) is -2.78. The summed E-state index contributed by atoms with van der Waals surface area (Å²) in [5.74, 6) is -0.615. The van der Waals surface area contributed by atoms with Gasteiger partial charge in [0, 0.05) is 5.02 Å². The Morgan fingerprint density at radius 2 is 1.83 bits per heavy atom. The van der Waals surface area contributed by atoms with Crippen LogP contribution in [-0.4, -0.2) is 5.11 Å². The molecule has 1 N–H and O–H groups in total. The van der Waals surface area contributed by atoms with E-state index in [0.29, 0.717) is 0 Å². The van der Waals surface area contributed by atoms with Crippen molar-refractivity contribution < 1.29 is 13.9 Å². The van der Waals surface area contributed by atoms with Crippen molar-refractivity contribution in [3.63, 3.8) is 0 Å². The molecule has 1 aromatic rings.